The van der Waals surface area contributed by atoms with E-state index in [4.69, 9.17) is 4.74 Å². The van der Waals surface area contributed by atoms with Crippen LogP contribution in [0.3, 0.4) is 0 Å². The summed E-state index contributed by atoms with van der Waals surface area (Å²) >= 11 is 0. The first-order valence-electron chi connectivity index (χ1n) is 8.37. The first-order valence-corrected chi connectivity index (χ1v) is 8.37. The summed E-state index contributed by atoms with van der Waals surface area (Å²) in [6, 6.07) is 7.57. The first kappa shape index (κ1) is 19.4. The maximum atomic E-state index is 12.0. The fourth-order valence-electron chi connectivity index (χ4n) is 2.34. The number of esters is 1. The molecule has 0 radical (unpaired) electrons. The molecule has 0 aliphatic heterocycles. The fraction of sp³-hybridized carbons (Fsp3) is 0.368. The van der Waals surface area contributed by atoms with Gasteiger partial charge in [-0.25, -0.2) is 9.97 Å². The third kappa shape index (κ3) is 5.54. The average Bonchev–Trinajstić information content (AvgIpc) is 2.63. The predicted octanol–water partition coefficient (Wildman–Crippen LogP) is 1.95. The Hall–Kier alpha value is -2.96. The van der Waals surface area contributed by atoms with Crippen molar-refractivity contribution in [3.63, 3.8) is 0 Å². The molecule has 1 N–H and O–H groups in total. The van der Waals surface area contributed by atoms with Crippen LogP contribution in [0, 0.1) is 13.8 Å². The van der Waals surface area contributed by atoms with Crippen LogP contribution in [0.1, 0.15) is 29.7 Å². The highest BCUT2D eigenvalue weighted by Gasteiger charge is 2.14. The van der Waals surface area contributed by atoms with Crippen molar-refractivity contribution in [2.75, 3.05) is 25.1 Å². The first-order chi connectivity index (χ1) is 12.4. The fourth-order valence-corrected chi connectivity index (χ4v) is 2.34. The minimum atomic E-state index is -0.520. The molecule has 7 heteroatoms. The number of carbonyl (C=O) groups is 2. The molecule has 0 bridgehead atoms. The summed E-state index contributed by atoms with van der Waals surface area (Å²) in [7, 11) is 1.68. The molecule has 2 rings (SSSR count). The van der Waals surface area contributed by atoms with Crippen molar-refractivity contribution in [1.29, 1.82) is 0 Å². The summed E-state index contributed by atoms with van der Waals surface area (Å²) in [5.74, 6) is -0.450. The van der Waals surface area contributed by atoms with E-state index in [0.717, 1.165) is 5.56 Å². The summed E-state index contributed by atoms with van der Waals surface area (Å²) in [5.41, 5.74) is 3.38. The Bertz CT molecular complexity index is 765. The number of rotatable bonds is 7. The van der Waals surface area contributed by atoms with E-state index in [1.807, 2.05) is 39.0 Å². The molecule has 1 heterocycles. The number of aryl methyl sites for hydroxylation is 2. The van der Waals surface area contributed by atoms with Crippen molar-refractivity contribution >= 4 is 17.8 Å². The van der Waals surface area contributed by atoms with Crippen LogP contribution in [0.2, 0.25) is 0 Å². The number of aromatic nitrogens is 2. The summed E-state index contributed by atoms with van der Waals surface area (Å²) in [6.07, 6.45) is 3.18. The van der Waals surface area contributed by atoms with E-state index in [1.54, 1.807) is 30.4 Å². The van der Waals surface area contributed by atoms with Gasteiger partial charge in [0.05, 0.1) is 6.04 Å². The SMILES string of the molecule is Cc1ccc(C(C)NC(=O)COC(=O)CN(C)c2ncccn2)cc1C. The lowest BCUT2D eigenvalue weighted by Gasteiger charge is -2.17. The van der Waals surface area contributed by atoms with Crippen molar-refractivity contribution in [3.05, 3.63) is 53.3 Å². The molecule has 0 fully saturated rings. The van der Waals surface area contributed by atoms with Gasteiger partial charge in [-0.2, -0.15) is 0 Å². The minimum absolute atomic E-state index is 0.0377. The van der Waals surface area contributed by atoms with Gasteiger partial charge in [0.25, 0.3) is 5.91 Å². The number of nitrogens with zero attached hydrogens (tertiary/aromatic N) is 3. The summed E-state index contributed by atoms with van der Waals surface area (Å²) in [6.45, 7) is 5.60. The number of carbonyl (C=O) groups excluding carboxylic acids is 2. The molecule has 2 aromatic rings. The van der Waals surface area contributed by atoms with Gasteiger partial charge in [-0.15, -0.1) is 0 Å². The van der Waals surface area contributed by atoms with Crippen LogP contribution >= 0.6 is 0 Å². The Morgan fingerprint density at radius 3 is 2.54 bits per heavy atom. The molecule has 26 heavy (non-hydrogen) atoms. The number of nitrogens with one attached hydrogen (secondary N) is 1. The van der Waals surface area contributed by atoms with Crippen LogP contribution in [-0.2, 0) is 14.3 Å². The number of likely N-dealkylation sites (N-methyl/N-ethyl adjacent to an activating group) is 1. The molecular weight excluding hydrogens is 332 g/mol. The van der Waals surface area contributed by atoms with E-state index in [-0.39, 0.29) is 25.1 Å². The second kappa shape index (κ2) is 8.94. The zero-order chi connectivity index (χ0) is 19.1. The Kier molecular flexibility index (Phi) is 6.66. The van der Waals surface area contributed by atoms with E-state index >= 15 is 0 Å². The molecule has 1 unspecified atom stereocenters. The van der Waals surface area contributed by atoms with E-state index in [2.05, 4.69) is 15.3 Å². The molecule has 0 aliphatic carbocycles. The van der Waals surface area contributed by atoms with Crippen LogP contribution in [0.5, 0.6) is 0 Å². The highest BCUT2D eigenvalue weighted by molar-refractivity contribution is 5.82. The number of hydrogen-bond acceptors (Lipinski definition) is 6. The van der Waals surface area contributed by atoms with Crippen LogP contribution < -0.4 is 10.2 Å². The highest BCUT2D eigenvalue weighted by atomic mass is 16.5. The van der Waals surface area contributed by atoms with E-state index < -0.39 is 5.97 Å². The maximum Gasteiger partial charge on any atom is 0.326 e. The van der Waals surface area contributed by atoms with Crippen molar-refractivity contribution in [3.8, 4) is 0 Å². The monoisotopic (exact) mass is 356 g/mol. The van der Waals surface area contributed by atoms with Crippen LogP contribution in [-0.4, -0.2) is 42.0 Å². The molecular formula is C19H24N4O3. The Labute approximate surface area is 153 Å². The number of anilines is 1. The predicted molar refractivity (Wildman–Crippen MR) is 98.7 cm³/mol. The third-order valence-electron chi connectivity index (χ3n) is 4.03. The number of amides is 1. The molecule has 0 saturated carbocycles. The normalized spacial score (nSPS) is 11.5. The van der Waals surface area contributed by atoms with Gasteiger partial charge in [-0.05, 0) is 43.5 Å². The second-order valence-corrected chi connectivity index (χ2v) is 6.20. The van der Waals surface area contributed by atoms with E-state index in [0.29, 0.717) is 5.95 Å². The summed E-state index contributed by atoms with van der Waals surface area (Å²) in [5, 5.41) is 2.83. The van der Waals surface area contributed by atoms with Crippen LogP contribution in [0.15, 0.2) is 36.7 Å². The molecule has 0 saturated heterocycles. The third-order valence-corrected chi connectivity index (χ3v) is 4.03. The van der Waals surface area contributed by atoms with Gasteiger partial charge in [0.1, 0.15) is 6.54 Å². The lowest BCUT2D eigenvalue weighted by Crippen LogP contribution is -2.34. The Morgan fingerprint density at radius 2 is 1.88 bits per heavy atom. The van der Waals surface area contributed by atoms with Crippen molar-refractivity contribution in [2.24, 2.45) is 0 Å². The topological polar surface area (TPSA) is 84.4 Å². The van der Waals surface area contributed by atoms with Crippen molar-refractivity contribution in [1.82, 2.24) is 15.3 Å². The van der Waals surface area contributed by atoms with Gasteiger partial charge >= 0.3 is 5.97 Å². The van der Waals surface area contributed by atoms with Crippen LogP contribution in [0.25, 0.3) is 0 Å². The Balaban J connectivity index is 1.78. The molecule has 138 valence electrons. The number of hydrogen-bond donors (Lipinski definition) is 1. The second-order valence-electron chi connectivity index (χ2n) is 6.20. The zero-order valence-corrected chi connectivity index (χ0v) is 15.5. The standard InChI is InChI=1S/C19H24N4O3/c1-13-6-7-16(10-14(13)2)15(3)22-17(24)12-26-18(25)11-23(4)19-20-8-5-9-21-19/h5-10,15H,11-12H2,1-4H3,(H,22,24). The Morgan fingerprint density at radius 1 is 1.19 bits per heavy atom. The van der Waals surface area contributed by atoms with Crippen molar-refractivity contribution < 1.29 is 14.3 Å². The average molecular weight is 356 g/mol. The zero-order valence-electron chi connectivity index (χ0n) is 15.5. The highest BCUT2D eigenvalue weighted by Crippen LogP contribution is 2.16. The molecule has 0 aliphatic rings. The minimum Gasteiger partial charge on any atom is -0.454 e. The molecule has 1 aromatic carbocycles. The molecule has 1 atom stereocenters. The number of ether oxygens (including phenoxy) is 1. The lowest BCUT2D eigenvalue weighted by molar-refractivity contribution is -0.147. The van der Waals surface area contributed by atoms with E-state index in [9.17, 15) is 9.59 Å². The van der Waals surface area contributed by atoms with Crippen LogP contribution in [0.4, 0.5) is 5.95 Å². The van der Waals surface area contributed by atoms with Gasteiger partial charge in [0.2, 0.25) is 5.95 Å². The summed E-state index contributed by atoms with van der Waals surface area (Å²) in [4.78, 5) is 33.5. The smallest absolute Gasteiger partial charge is 0.326 e. The van der Waals surface area contributed by atoms with Gasteiger partial charge in [0.15, 0.2) is 6.61 Å². The van der Waals surface area contributed by atoms with Gasteiger partial charge in [-0.3, -0.25) is 9.59 Å². The molecule has 1 amide bonds. The number of benzene rings is 1. The maximum absolute atomic E-state index is 12.0. The van der Waals surface area contributed by atoms with E-state index in [1.165, 1.54) is 11.1 Å². The lowest BCUT2D eigenvalue weighted by atomic mass is 10.0. The van der Waals surface area contributed by atoms with Gasteiger partial charge < -0.3 is 15.0 Å². The van der Waals surface area contributed by atoms with Gasteiger partial charge in [-0.1, -0.05) is 18.2 Å². The van der Waals surface area contributed by atoms with Gasteiger partial charge in [0, 0.05) is 19.4 Å². The van der Waals surface area contributed by atoms with Crippen molar-refractivity contribution in [2.45, 2.75) is 26.8 Å². The molecule has 0 spiro atoms. The largest absolute Gasteiger partial charge is 0.454 e. The molecule has 1 aromatic heterocycles. The quantitative estimate of drug-likeness (QED) is 0.764. The molecule has 7 nitrogen and oxygen atoms in total. The summed E-state index contributed by atoms with van der Waals surface area (Å²) < 4.78 is 5.03.